The Hall–Kier alpha value is -1.68. The van der Waals surface area contributed by atoms with Gasteiger partial charge in [-0.2, -0.15) is 4.99 Å². The van der Waals surface area contributed by atoms with Crippen LogP contribution in [-0.4, -0.2) is 6.08 Å². The lowest BCUT2D eigenvalue weighted by molar-refractivity contribution is 0.443. The molecule has 2 nitrogen and oxygen atoms in total. The fraction of sp³-hybridized carbons (Fsp3) is 0.222. The molecule has 0 aliphatic rings. The van der Waals surface area contributed by atoms with E-state index in [0.717, 1.165) is 6.08 Å². The van der Waals surface area contributed by atoms with Crippen molar-refractivity contribution in [3.8, 4) is 0 Å². The minimum Gasteiger partial charge on any atom is -0.211 e. The summed E-state index contributed by atoms with van der Waals surface area (Å²) >= 11 is 0. The van der Waals surface area contributed by atoms with E-state index < -0.39 is 34.5 Å². The highest BCUT2D eigenvalue weighted by Crippen LogP contribution is 2.29. The highest BCUT2D eigenvalue weighted by Gasteiger charge is 2.24. The van der Waals surface area contributed by atoms with Gasteiger partial charge in [0.25, 0.3) is 0 Å². The molecule has 0 aliphatic heterocycles. The maximum atomic E-state index is 13.1. The number of carbonyl (C=O) groups excluding carboxylic acids is 1. The van der Waals surface area contributed by atoms with Crippen molar-refractivity contribution in [3.63, 3.8) is 0 Å². The molecule has 1 aromatic carbocycles. The first-order chi connectivity index (χ1) is 7.04. The van der Waals surface area contributed by atoms with Gasteiger partial charge in [-0.15, -0.1) is 0 Å². The van der Waals surface area contributed by atoms with E-state index in [2.05, 4.69) is 4.99 Å². The van der Waals surface area contributed by atoms with E-state index in [-0.39, 0.29) is 6.42 Å². The molecule has 0 radical (unpaired) electrons. The summed E-state index contributed by atoms with van der Waals surface area (Å²) in [7, 11) is 0. The summed E-state index contributed by atoms with van der Waals surface area (Å²) in [4.78, 5) is 12.4. The van der Waals surface area contributed by atoms with Crippen molar-refractivity contribution >= 4 is 11.8 Å². The number of hydrogen-bond acceptors (Lipinski definition) is 2. The number of benzene rings is 1. The molecule has 0 unspecified atom stereocenters. The Morgan fingerprint density at radius 2 is 1.53 bits per heavy atom. The molecule has 0 bridgehead atoms. The first-order valence-electron chi connectivity index (χ1n) is 3.97. The monoisotopic (exact) mass is 219 g/mol. The third-order valence-electron chi connectivity index (χ3n) is 1.84. The summed E-state index contributed by atoms with van der Waals surface area (Å²) in [5.74, 6) is -6.45. The Bertz CT molecular complexity index is 423. The molecule has 0 heterocycles. The van der Waals surface area contributed by atoms with Crippen LogP contribution in [0, 0.1) is 23.3 Å². The highest BCUT2D eigenvalue weighted by atomic mass is 19.2. The van der Waals surface area contributed by atoms with Crippen LogP contribution in [0.5, 0.6) is 0 Å². The predicted octanol–water partition coefficient (Wildman–Crippen LogP) is 2.77. The number of nitrogens with zero attached hydrogens (tertiary/aromatic N) is 1. The zero-order valence-corrected chi connectivity index (χ0v) is 7.57. The molecular weight excluding hydrogens is 214 g/mol. The number of rotatable bonds is 2. The Labute approximate surface area is 82.2 Å². The molecule has 0 spiro atoms. The van der Waals surface area contributed by atoms with Gasteiger partial charge in [-0.05, 0) is 6.42 Å². The molecule has 0 saturated carbocycles. The quantitative estimate of drug-likeness (QED) is 0.325. The smallest absolute Gasteiger partial charge is 0.211 e. The second-order valence-electron chi connectivity index (χ2n) is 2.64. The normalized spacial score (nSPS) is 9.93. The molecule has 0 fully saturated rings. The van der Waals surface area contributed by atoms with Gasteiger partial charge in [-0.3, -0.25) is 0 Å². The Balaban J connectivity index is 3.65. The predicted molar refractivity (Wildman–Crippen MR) is 43.4 cm³/mol. The summed E-state index contributed by atoms with van der Waals surface area (Å²) in [6.07, 6.45) is 0.608. The van der Waals surface area contributed by atoms with Gasteiger partial charge in [0.1, 0.15) is 0 Å². The number of aliphatic imine (C=N–C) groups is 1. The summed E-state index contributed by atoms with van der Waals surface area (Å²) in [5.41, 5.74) is -2.01. The third-order valence-corrected chi connectivity index (χ3v) is 1.84. The largest absolute Gasteiger partial charge is 0.240 e. The molecule has 1 rings (SSSR count). The number of hydrogen-bond donors (Lipinski definition) is 0. The van der Waals surface area contributed by atoms with E-state index >= 15 is 0 Å². The van der Waals surface area contributed by atoms with Crippen LogP contribution in [0.25, 0.3) is 0 Å². The summed E-state index contributed by atoms with van der Waals surface area (Å²) < 4.78 is 52.2. The van der Waals surface area contributed by atoms with Crippen molar-refractivity contribution in [2.75, 3.05) is 0 Å². The SMILES string of the molecule is CCc1c(F)c(F)c(N=C=O)c(F)c1F. The van der Waals surface area contributed by atoms with Crippen LogP contribution in [-0.2, 0) is 11.2 Å². The lowest BCUT2D eigenvalue weighted by Gasteiger charge is -2.06. The Morgan fingerprint density at radius 3 is 1.87 bits per heavy atom. The van der Waals surface area contributed by atoms with Gasteiger partial charge < -0.3 is 0 Å². The van der Waals surface area contributed by atoms with Crippen LogP contribution in [0.15, 0.2) is 4.99 Å². The van der Waals surface area contributed by atoms with Crippen LogP contribution in [0.4, 0.5) is 23.2 Å². The standard InChI is InChI=1S/C9H5F4NO/c1-2-4-5(10)7(12)9(14-3-15)8(13)6(4)11/h2H2,1H3. The van der Waals surface area contributed by atoms with Crippen molar-refractivity contribution in [1.29, 1.82) is 0 Å². The first kappa shape index (κ1) is 11.4. The number of halogens is 4. The molecule has 0 atom stereocenters. The molecule has 1 aromatic rings. The van der Waals surface area contributed by atoms with Crippen molar-refractivity contribution in [1.82, 2.24) is 0 Å². The Kier molecular flexibility index (Phi) is 3.21. The van der Waals surface area contributed by atoms with Gasteiger partial charge in [0.2, 0.25) is 6.08 Å². The van der Waals surface area contributed by atoms with Crippen molar-refractivity contribution in [2.45, 2.75) is 13.3 Å². The minimum atomic E-state index is -1.69. The molecule has 0 aromatic heterocycles. The van der Waals surface area contributed by atoms with Crippen molar-refractivity contribution in [2.24, 2.45) is 4.99 Å². The van der Waals surface area contributed by atoms with Gasteiger partial charge in [0.15, 0.2) is 29.0 Å². The van der Waals surface area contributed by atoms with Crippen LogP contribution >= 0.6 is 0 Å². The second kappa shape index (κ2) is 4.23. The fourth-order valence-corrected chi connectivity index (χ4v) is 1.12. The van der Waals surface area contributed by atoms with Gasteiger partial charge >= 0.3 is 0 Å². The maximum absolute atomic E-state index is 13.1. The summed E-state index contributed by atoms with van der Waals surface area (Å²) in [6, 6.07) is 0. The van der Waals surface area contributed by atoms with Crippen LogP contribution < -0.4 is 0 Å². The van der Waals surface area contributed by atoms with E-state index in [1.165, 1.54) is 6.92 Å². The minimum absolute atomic E-state index is 0.212. The molecular formula is C9H5F4NO. The third kappa shape index (κ3) is 1.76. The van der Waals surface area contributed by atoms with E-state index in [0.29, 0.717) is 0 Å². The zero-order chi connectivity index (χ0) is 11.6. The van der Waals surface area contributed by atoms with E-state index in [4.69, 9.17) is 0 Å². The maximum Gasteiger partial charge on any atom is 0.240 e. The van der Waals surface area contributed by atoms with Crippen LogP contribution in [0.2, 0.25) is 0 Å². The number of isocyanates is 1. The average Bonchev–Trinajstić information content (AvgIpc) is 2.23. The second-order valence-corrected chi connectivity index (χ2v) is 2.64. The van der Waals surface area contributed by atoms with Gasteiger partial charge in [0, 0.05) is 5.56 Å². The van der Waals surface area contributed by atoms with Crippen molar-refractivity contribution in [3.05, 3.63) is 28.8 Å². The van der Waals surface area contributed by atoms with E-state index in [1.807, 2.05) is 0 Å². The van der Waals surface area contributed by atoms with Crippen LogP contribution in [0.3, 0.4) is 0 Å². The van der Waals surface area contributed by atoms with E-state index in [9.17, 15) is 22.4 Å². The fourth-order valence-electron chi connectivity index (χ4n) is 1.12. The average molecular weight is 219 g/mol. The van der Waals surface area contributed by atoms with Crippen molar-refractivity contribution < 1.29 is 22.4 Å². The topological polar surface area (TPSA) is 29.4 Å². The van der Waals surface area contributed by atoms with E-state index in [1.54, 1.807) is 0 Å². The summed E-state index contributed by atoms with van der Waals surface area (Å²) in [5, 5.41) is 0. The van der Waals surface area contributed by atoms with Gasteiger partial charge in [0.05, 0.1) is 0 Å². The molecule has 0 amide bonds. The highest BCUT2D eigenvalue weighted by molar-refractivity contribution is 5.52. The zero-order valence-electron chi connectivity index (χ0n) is 7.57. The van der Waals surface area contributed by atoms with Crippen LogP contribution in [0.1, 0.15) is 12.5 Å². The molecule has 0 N–H and O–H groups in total. The lowest BCUT2D eigenvalue weighted by Crippen LogP contribution is -2.02. The molecule has 15 heavy (non-hydrogen) atoms. The van der Waals surface area contributed by atoms with Gasteiger partial charge in [-0.25, -0.2) is 22.4 Å². The summed E-state index contributed by atoms with van der Waals surface area (Å²) in [6.45, 7) is 1.34. The Morgan fingerprint density at radius 1 is 1.07 bits per heavy atom. The molecule has 0 saturated heterocycles. The molecule has 80 valence electrons. The molecule has 6 heteroatoms. The van der Waals surface area contributed by atoms with Gasteiger partial charge in [-0.1, -0.05) is 6.92 Å². The first-order valence-corrected chi connectivity index (χ1v) is 3.97. The lowest BCUT2D eigenvalue weighted by atomic mass is 10.1. The molecule has 0 aliphatic carbocycles.